The number of likely N-dealkylation sites (tertiary alicyclic amines) is 2. The van der Waals surface area contributed by atoms with E-state index in [0.717, 1.165) is 45.6 Å². The molecule has 23 heavy (non-hydrogen) atoms. The number of rotatable bonds is 3. The van der Waals surface area contributed by atoms with Crippen molar-refractivity contribution >= 4 is 12.0 Å². The van der Waals surface area contributed by atoms with Gasteiger partial charge in [-0.15, -0.1) is 0 Å². The van der Waals surface area contributed by atoms with Crippen LogP contribution in [0.3, 0.4) is 0 Å². The molecule has 2 rings (SSSR count). The molecule has 2 saturated heterocycles. The fourth-order valence-electron chi connectivity index (χ4n) is 3.52. The molecule has 2 heterocycles. The van der Waals surface area contributed by atoms with Crippen molar-refractivity contribution in [1.29, 1.82) is 0 Å². The zero-order valence-electron chi connectivity index (χ0n) is 14.9. The molecule has 0 saturated carbocycles. The SMILES string of the molecule is CC1CN(C(=O)OC(C)(C)C)CCC1CN1CCC(C(N)=O)C1. The zero-order valence-corrected chi connectivity index (χ0v) is 14.9. The Morgan fingerprint density at radius 1 is 1.17 bits per heavy atom. The summed E-state index contributed by atoms with van der Waals surface area (Å²) in [4.78, 5) is 27.6. The highest BCUT2D eigenvalue weighted by Crippen LogP contribution is 2.27. The molecule has 3 unspecified atom stereocenters. The van der Waals surface area contributed by atoms with Crippen LogP contribution in [0, 0.1) is 17.8 Å². The van der Waals surface area contributed by atoms with Crippen molar-refractivity contribution < 1.29 is 14.3 Å². The van der Waals surface area contributed by atoms with E-state index in [1.54, 1.807) is 0 Å². The third-order valence-electron chi connectivity index (χ3n) is 4.90. The first-order valence-corrected chi connectivity index (χ1v) is 8.65. The van der Waals surface area contributed by atoms with E-state index in [9.17, 15) is 9.59 Å². The lowest BCUT2D eigenvalue weighted by molar-refractivity contribution is -0.121. The van der Waals surface area contributed by atoms with Gasteiger partial charge in [0.25, 0.3) is 0 Å². The largest absolute Gasteiger partial charge is 0.444 e. The van der Waals surface area contributed by atoms with E-state index in [2.05, 4.69) is 11.8 Å². The van der Waals surface area contributed by atoms with Gasteiger partial charge < -0.3 is 20.3 Å². The Morgan fingerprint density at radius 3 is 2.39 bits per heavy atom. The van der Waals surface area contributed by atoms with E-state index < -0.39 is 5.60 Å². The molecular weight excluding hydrogens is 294 g/mol. The molecule has 2 amide bonds. The fourth-order valence-corrected chi connectivity index (χ4v) is 3.52. The van der Waals surface area contributed by atoms with E-state index in [-0.39, 0.29) is 17.9 Å². The molecule has 3 atom stereocenters. The summed E-state index contributed by atoms with van der Waals surface area (Å²) < 4.78 is 5.46. The molecule has 0 aromatic carbocycles. The lowest BCUT2D eigenvalue weighted by Gasteiger charge is -2.39. The summed E-state index contributed by atoms with van der Waals surface area (Å²) in [6.07, 6.45) is 1.65. The Hall–Kier alpha value is -1.30. The first kappa shape index (κ1) is 18.0. The number of carbonyl (C=O) groups is 2. The highest BCUT2D eigenvalue weighted by molar-refractivity contribution is 5.77. The number of hydrogen-bond donors (Lipinski definition) is 1. The van der Waals surface area contributed by atoms with E-state index in [0.29, 0.717) is 11.8 Å². The van der Waals surface area contributed by atoms with Gasteiger partial charge in [-0.3, -0.25) is 4.79 Å². The van der Waals surface area contributed by atoms with Gasteiger partial charge in [0.1, 0.15) is 5.60 Å². The van der Waals surface area contributed by atoms with Crippen LogP contribution < -0.4 is 5.73 Å². The average molecular weight is 325 g/mol. The molecule has 0 aromatic heterocycles. The number of hydrogen-bond acceptors (Lipinski definition) is 4. The second-order valence-corrected chi connectivity index (χ2v) is 8.10. The van der Waals surface area contributed by atoms with Gasteiger partial charge >= 0.3 is 6.09 Å². The summed E-state index contributed by atoms with van der Waals surface area (Å²) in [5.41, 5.74) is 4.95. The zero-order chi connectivity index (χ0) is 17.2. The van der Waals surface area contributed by atoms with Gasteiger partial charge in [0.15, 0.2) is 0 Å². The van der Waals surface area contributed by atoms with Crippen LogP contribution in [0.4, 0.5) is 4.79 Å². The third-order valence-corrected chi connectivity index (χ3v) is 4.90. The Morgan fingerprint density at radius 2 is 1.87 bits per heavy atom. The minimum atomic E-state index is -0.448. The number of nitrogens with two attached hydrogens (primary N) is 1. The Balaban J connectivity index is 1.80. The maximum atomic E-state index is 12.2. The van der Waals surface area contributed by atoms with E-state index in [1.165, 1.54) is 0 Å². The summed E-state index contributed by atoms with van der Waals surface area (Å²) >= 11 is 0. The van der Waals surface area contributed by atoms with Crippen LogP contribution in [-0.2, 0) is 9.53 Å². The van der Waals surface area contributed by atoms with Gasteiger partial charge in [-0.2, -0.15) is 0 Å². The normalized spacial score (nSPS) is 29.6. The molecule has 0 aromatic rings. The van der Waals surface area contributed by atoms with Crippen molar-refractivity contribution in [2.75, 3.05) is 32.7 Å². The predicted octanol–water partition coefficient (Wildman–Crippen LogP) is 1.69. The number of ether oxygens (including phenoxy) is 1. The minimum Gasteiger partial charge on any atom is -0.444 e. The fraction of sp³-hybridized carbons (Fsp3) is 0.882. The lowest BCUT2D eigenvalue weighted by Crippen LogP contribution is -2.47. The van der Waals surface area contributed by atoms with E-state index >= 15 is 0 Å². The number of nitrogens with zero attached hydrogens (tertiary/aromatic N) is 2. The van der Waals surface area contributed by atoms with Crippen LogP contribution in [0.2, 0.25) is 0 Å². The quantitative estimate of drug-likeness (QED) is 0.856. The number of amides is 2. The summed E-state index contributed by atoms with van der Waals surface area (Å²) in [5, 5.41) is 0. The molecule has 2 aliphatic heterocycles. The topological polar surface area (TPSA) is 75.9 Å². The minimum absolute atomic E-state index is 0.00663. The average Bonchev–Trinajstić information content (AvgIpc) is 2.88. The van der Waals surface area contributed by atoms with Crippen molar-refractivity contribution in [3.63, 3.8) is 0 Å². The molecule has 2 N–H and O–H groups in total. The van der Waals surface area contributed by atoms with E-state index in [1.807, 2.05) is 25.7 Å². The first-order chi connectivity index (χ1) is 10.7. The smallest absolute Gasteiger partial charge is 0.410 e. The van der Waals surface area contributed by atoms with Crippen LogP contribution in [-0.4, -0.2) is 60.1 Å². The number of carbonyl (C=O) groups excluding carboxylic acids is 2. The standard InChI is InChI=1S/C17H31N3O3/c1-12-9-20(16(22)23-17(2,3)4)8-6-13(12)10-19-7-5-14(11-19)15(18)21/h12-14H,5-11H2,1-4H3,(H2,18,21). The number of piperidine rings is 1. The molecule has 0 bridgehead atoms. The Kier molecular flexibility index (Phi) is 5.55. The van der Waals surface area contributed by atoms with Gasteiger partial charge in [-0.25, -0.2) is 4.79 Å². The van der Waals surface area contributed by atoms with Gasteiger partial charge in [-0.1, -0.05) is 6.92 Å². The van der Waals surface area contributed by atoms with Crippen molar-refractivity contribution in [3.8, 4) is 0 Å². The Bertz CT molecular complexity index is 447. The summed E-state index contributed by atoms with van der Waals surface area (Å²) in [7, 11) is 0. The van der Waals surface area contributed by atoms with Crippen LogP contribution in [0.1, 0.15) is 40.5 Å². The van der Waals surface area contributed by atoms with Crippen molar-refractivity contribution in [3.05, 3.63) is 0 Å². The molecule has 6 nitrogen and oxygen atoms in total. The maximum absolute atomic E-state index is 12.2. The predicted molar refractivity (Wildman–Crippen MR) is 88.8 cm³/mol. The second-order valence-electron chi connectivity index (χ2n) is 8.10. The van der Waals surface area contributed by atoms with Crippen molar-refractivity contribution in [2.45, 2.75) is 46.1 Å². The highest BCUT2D eigenvalue weighted by atomic mass is 16.6. The summed E-state index contributed by atoms with van der Waals surface area (Å²) in [5.74, 6) is 0.816. The van der Waals surface area contributed by atoms with Crippen molar-refractivity contribution in [1.82, 2.24) is 9.80 Å². The first-order valence-electron chi connectivity index (χ1n) is 8.65. The van der Waals surface area contributed by atoms with Crippen LogP contribution >= 0.6 is 0 Å². The van der Waals surface area contributed by atoms with Gasteiger partial charge in [-0.05, 0) is 52.0 Å². The molecule has 2 aliphatic rings. The second kappa shape index (κ2) is 7.07. The Labute approximate surface area is 139 Å². The summed E-state index contributed by atoms with van der Waals surface area (Å²) in [6.45, 7) is 12.1. The molecule has 0 aliphatic carbocycles. The van der Waals surface area contributed by atoms with Crippen LogP contribution in [0.15, 0.2) is 0 Å². The maximum Gasteiger partial charge on any atom is 0.410 e. The molecule has 0 radical (unpaired) electrons. The molecular formula is C17H31N3O3. The van der Waals surface area contributed by atoms with Gasteiger partial charge in [0.2, 0.25) is 5.91 Å². The monoisotopic (exact) mass is 325 g/mol. The van der Waals surface area contributed by atoms with Gasteiger partial charge in [0, 0.05) is 26.2 Å². The van der Waals surface area contributed by atoms with Gasteiger partial charge in [0.05, 0.1) is 5.92 Å². The van der Waals surface area contributed by atoms with Crippen LogP contribution in [0.25, 0.3) is 0 Å². The molecule has 0 spiro atoms. The molecule has 2 fully saturated rings. The number of primary amides is 1. The van der Waals surface area contributed by atoms with Crippen LogP contribution in [0.5, 0.6) is 0 Å². The lowest BCUT2D eigenvalue weighted by atomic mass is 9.86. The van der Waals surface area contributed by atoms with E-state index in [4.69, 9.17) is 10.5 Å². The summed E-state index contributed by atoms with van der Waals surface area (Å²) in [6, 6.07) is 0. The molecule has 6 heteroatoms. The third kappa shape index (κ3) is 5.09. The van der Waals surface area contributed by atoms with Crippen molar-refractivity contribution in [2.24, 2.45) is 23.5 Å². The molecule has 132 valence electrons. The highest BCUT2D eigenvalue weighted by Gasteiger charge is 2.34.